The van der Waals surface area contributed by atoms with Crippen LogP contribution >= 0.6 is 0 Å². The first-order chi connectivity index (χ1) is 26.1. The summed E-state index contributed by atoms with van der Waals surface area (Å²) in [4.78, 5) is 54.3. The standard InChI is InChI=1S/C43H53N5O6/c1-4-48(5-2)31-21-20-29-24-36(28(3)54-40(29)26-31)42(51)46-23-13-11-14-30(41(45)50)25-39(49)38(19-10-12-22-44)47-43(52)53-27-37-34-17-8-6-15-32(34)33-16-7-9-18-35(33)37/h6-9,15-18,20-21,24,26,30,37-38H,3-5,10-14,19,22-23,25,27,44H2,1-2H3,(H2,45,50)(H,46,51)(H,47,52)/t30-,38+/m1/s1. The molecule has 1 aliphatic heterocycles. The normalized spacial score (nSPS) is 14.1. The quantitative estimate of drug-likeness (QED) is 0.0996. The first kappa shape index (κ1) is 39.8. The lowest BCUT2D eigenvalue weighted by molar-refractivity contribution is -0.128. The molecule has 0 unspecified atom stereocenters. The molecule has 0 saturated heterocycles. The van der Waals surface area contributed by atoms with Gasteiger partial charge in [0, 0.05) is 55.2 Å². The number of anilines is 1. The van der Waals surface area contributed by atoms with Gasteiger partial charge in [0.2, 0.25) is 5.91 Å². The van der Waals surface area contributed by atoms with Crippen molar-refractivity contribution in [3.8, 4) is 16.9 Å². The predicted molar refractivity (Wildman–Crippen MR) is 212 cm³/mol. The number of nitrogens with two attached hydrogens (primary N) is 2. The number of amides is 3. The van der Waals surface area contributed by atoms with Gasteiger partial charge >= 0.3 is 6.09 Å². The van der Waals surface area contributed by atoms with E-state index < -0.39 is 24.0 Å². The van der Waals surface area contributed by atoms with Crippen LogP contribution in [-0.2, 0) is 19.1 Å². The maximum absolute atomic E-state index is 13.5. The molecule has 11 nitrogen and oxygen atoms in total. The van der Waals surface area contributed by atoms with Crippen LogP contribution < -0.4 is 31.7 Å². The number of primary amides is 1. The fraction of sp³-hybridized carbons (Fsp3) is 0.395. The zero-order chi connectivity index (χ0) is 38.6. The highest BCUT2D eigenvalue weighted by Crippen LogP contribution is 2.44. The summed E-state index contributed by atoms with van der Waals surface area (Å²) in [6.45, 7) is 10.8. The summed E-state index contributed by atoms with van der Waals surface area (Å²) in [6.07, 6.45) is 4.11. The summed E-state index contributed by atoms with van der Waals surface area (Å²) < 4.78 is 11.6. The fourth-order valence-electron chi connectivity index (χ4n) is 7.26. The molecule has 6 N–H and O–H groups in total. The fourth-order valence-corrected chi connectivity index (χ4v) is 7.26. The number of fused-ring (bicyclic) bond motifs is 4. The molecule has 2 atom stereocenters. The van der Waals surface area contributed by atoms with Gasteiger partial charge in [0.1, 0.15) is 18.1 Å². The smallest absolute Gasteiger partial charge is 0.407 e. The van der Waals surface area contributed by atoms with Crippen molar-refractivity contribution >= 4 is 35.5 Å². The lowest BCUT2D eigenvalue weighted by Crippen LogP contribution is -2.43. The molecule has 5 rings (SSSR count). The number of nitrogens with zero attached hydrogens (tertiary/aromatic N) is 1. The van der Waals surface area contributed by atoms with Crippen molar-refractivity contribution in [2.75, 3.05) is 37.7 Å². The zero-order valence-corrected chi connectivity index (χ0v) is 31.4. The highest BCUT2D eigenvalue weighted by molar-refractivity contribution is 6.02. The van der Waals surface area contributed by atoms with E-state index in [4.69, 9.17) is 20.9 Å². The Bertz CT molecular complexity index is 1820. The summed E-state index contributed by atoms with van der Waals surface area (Å²) in [5.41, 5.74) is 18.0. The highest BCUT2D eigenvalue weighted by atomic mass is 16.5. The topological polar surface area (TPSA) is 166 Å². The number of ether oxygens (including phenoxy) is 2. The van der Waals surface area contributed by atoms with E-state index in [1.54, 1.807) is 6.08 Å². The van der Waals surface area contributed by atoms with Crippen molar-refractivity contribution in [2.24, 2.45) is 17.4 Å². The van der Waals surface area contributed by atoms with E-state index in [1.807, 2.05) is 54.6 Å². The number of unbranched alkanes of at least 4 members (excludes halogenated alkanes) is 2. The van der Waals surface area contributed by atoms with Crippen molar-refractivity contribution < 1.29 is 28.7 Å². The molecule has 2 aliphatic rings. The number of benzene rings is 3. The maximum atomic E-state index is 13.5. The second-order valence-corrected chi connectivity index (χ2v) is 13.8. The Hall–Kier alpha value is -5.42. The summed E-state index contributed by atoms with van der Waals surface area (Å²) in [6, 6.07) is 21.2. The van der Waals surface area contributed by atoms with E-state index in [1.165, 1.54) is 0 Å². The maximum Gasteiger partial charge on any atom is 0.407 e. The first-order valence-corrected chi connectivity index (χ1v) is 19.0. The molecule has 0 fully saturated rings. The molecule has 3 aromatic carbocycles. The number of rotatable bonds is 20. The number of carbonyl (C=O) groups excluding carboxylic acids is 4. The van der Waals surface area contributed by atoms with E-state index in [2.05, 4.69) is 48.1 Å². The Balaban J connectivity index is 1.10. The minimum Gasteiger partial charge on any atom is -0.456 e. The average Bonchev–Trinajstić information content (AvgIpc) is 3.49. The molecule has 0 saturated carbocycles. The first-order valence-electron chi connectivity index (χ1n) is 19.0. The Morgan fingerprint density at radius 2 is 1.57 bits per heavy atom. The molecule has 1 aliphatic carbocycles. The largest absolute Gasteiger partial charge is 0.456 e. The second kappa shape index (κ2) is 19.1. The Kier molecular flexibility index (Phi) is 14.0. The Morgan fingerprint density at radius 3 is 2.22 bits per heavy atom. The van der Waals surface area contributed by atoms with Gasteiger partial charge in [0.25, 0.3) is 5.91 Å². The summed E-state index contributed by atoms with van der Waals surface area (Å²) in [5.74, 6) is -1.09. The van der Waals surface area contributed by atoms with Gasteiger partial charge in [-0.3, -0.25) is 14.4 Å². The van der Waals surface area contributed by atoms with Crippen LogP contribution in [0.5, 0.6) is 5.75 Å². The molecule has 3 aromatic rings. The zero-order valence-electron chi connectivity index (χ0n) is 31.4. The lowest BCUT2D eigenvalue weighted by atomic mass is 9.91. The van der Waals surface area contributed by atoms with Crippen molar-refractivity contribution in [3.63, 3.8) is 0 Å². The number of nitrogens with one attached hydrogen (secondary N) is 2. The second-order valence-electron chi connectivity index (χ2n) is 13.8. The molecule has 1 heterocycles. The number of carbonyl (C=O) groups is 4. The van der Waals surface area contributed by atoms with Crippen molar-refractivity contribution in [2.45, 2.75) is 70.8 Å². The van der Waals surface area contributed by atoms with Gasteiger partial charge in [-0.05, 0) is 93.0 Å². The highest BCUT2D eigenvalue weighted by Gasteiger charge is 2.31. The van der Waals surface area contributed by atoms with E-state index in [-0.39, 0.29) is 36.4 Å². The average molecular weight is 736 g/mol. The summed E-state index contributed by atoms with van der Waals surface area (Å²) in [5, 5.41) is 5.66. The van der Waals surface area contributed by atoms with Crippen LogP contribution in [0.2, 0.25) is 0 Å². The third kappa shape index (κ3) is 9.76. The monoisotopic (exact) mass is 735 g/mol. The van der Waals surface area contributed by atoms with Gasteiger partial charge < -0.3 is 36.5 Å². The number of ketones is 1. The molecular weight excluding hydrogens is 683 g/mol. The Morgan fingerprint density at radius 1 is 0.907 bits per heavy atom. The molecule has 11 heteroatoms. The van der Waals surface area contributed by atoms with E-state index in [0.717, 1.165) is 46.6 Å². The molecule has 0 bridgehead atoms. The van der Waals surface area contributed by atoms with E-state index >= 15 is 0 Å². The van der Waals surface area contributed by atoms with Crippen LogP contribution in [0.4, 0.5) is 10.5 Å². The van der Waals surface area contributed by atoms with Crippen LogP contribution in [0.3, 0.4) is 0 Å². The van der Waals surface area contributed by atoms with Gasteiger partial charge in [-0.1, -0.05) is 61.5 Å². The van der Waals surface area contributed by atoms with Crippen LogP contribution in [-0.4, -0.2) is 62.5 Å². The van der Waals surface area contributed by atoms with Gasteiger partial charge in [0.05, 0.1) is 11.6 Å². The number of hydrogen-bond donors (Lipinski definition) is 4. The number of Topliss-reactive ketones (excluding diaryl/α,β-unsaturated/α-hetero) is 1. The summed E-state index contributed by atoms with van der Waals surface area (Å²) in [7, 11) is 0. The van der Waals surface area contributed by atoms with E-state index in [0.29, 0.717) is 62.9 Å². The van der Waals surface area contributed by atoms with Gasteiger partial charge in [-0.2, -0.15) is 0 Å². The third-order valence-corrected chi connectivity index (χ3v) is 10.3. The molecule has 0 spiro atoms. The number of hydrogen-bond acceptors (Lipinski definition) is 8. The van der Waals surface area contributed by atoms with E-state index in [9.17, 15) is 19.2 Å². The van der Waals surface area contributed by atoms with Crippen LogP contribution in [0.1, 0.15) is 81.4 Å². The van der Waals surface area contributed by atoms with Gasteiger partial charge in [-0.25, -0.2) is 4.79 Å². The number of alkyl carbamates (subject to hydrolysis) is 1. The third-order valence-electron chi connectivity index (χ3n) is 10.3. The van der Waals surface area contributed by atoms with Crippen LogP contribution in [0.15, 0.2) is 84.6 Å². The van der Waals surface area contributed by atoms with Crippen LogP contribution in [0.25, 0.3) is 17.2 Å². The van der Waals surface area contributed by atoms with Gasteiger partial charge in [-0.15, -0.1) is 0 Å². The molecule has 286 valence electrons. The minimum absolute atomic E-state index is 0.113. The van der Waals surface area contributed by atoms with Gasteiger partial charge in [0.15, 0.2) is 5.78 Å². The molecular formula is C43H53N5O6. The molecule has 54 heavy (non-hydrogen) atoms. The molecule has 0 aromatic heterocycles. The predicted octanol–water partition coefficient (Wildman–Crippen LogP) is 6.21. The summed E-state index contributed by atoms with van der Waals surface area (Å²) >= 11 is 0. The van der Waals surface area contributed by atoms with Crippen molar-refractivity contribution in [1.82, 2.24) is 10.6 Å². The lowest BCUT2D eigenvalue weighted by Gasteiger charge is -2.24. The van der Waals surface area contributed by atoms with Crippen LogP contribution in [0, 0.1) is 5.92 Å². The minimum atomic E-state index is -0.846. The molecule has 3 amide bonds. The SMILES string of the molecule is C=C1Oc2cc(N(CC)CC)ccc2C=C1C(=O)NCCCC[C@H](CC(=O)[C@H](CCCCN)NC(=O)OCC1c2ccccc2-c2ccccc21)C(N)=O. The van der Waals surface area contributed by atoms with Crippen molar-refractivity contribution in [3.05, 3.63) is 101 Å². The Labute approximate surface area is 318 Å². The van der Waals surface area contributed by atoms with Crippen molar-refractivity contribution in [1.29, 1.82) is 0 Å². The molecule has 0 radical (unpaired) electrons.